The SMILES string of the molecule is CC(C)(C)OC(=O)N[C@@H]1CCCN(C(=O)Nc2ccc3c(c2)c(C(N)=O)nn3CCC(=O)N(CC(=O)NCc2cccc(Cl)c2F)C2CC2)C1. The van der Waals surface area contributed by atoms with Gasteiger partial charge in [-0.1, -0.05) is 23.7 Å². The van der Waals surface area contributed by atoms with Crippen LogP contribution in [-0.2, 0) is 27.4 Å². The van der Waals surface area contributed by atoms with Crippen molar-refractivity contribution in [3.8, 4) is 0 Å². The fourth-order valence-electron chi connectivity index (χ4n) is 5.81. The number of nitrogens with one attached hydrogen (secondary N) is 3. The highest BCUT2D eigenvalue weighted by molar-refractivity contribution is 6.30. The summed E-state index contributed by atoms with van der Waals surface area (Å²) in [5.41, 5.74) is 6.16. The fraction of sp³-hybridized carbons (Fsp3) is 0.471. The number of anilines is 1. The van der Waals surface area contributed by atoms with Crippen molar-refractivity contribution in [3.63, 3.8) is 0 Å². The van der Waals surface area contributed by atoms with E-state index in [1.165, 1.54) is 21.7 Å². The number of alkyl carbamates (subject to hydrolysis) is 1. The number of halogens is 2. The molecule has 5 rings (SSSR count). The van der Waals surface area contributed by atoms with Crippen LogP contribution in [0.1, 0.15) is 68.9 Å². The standard InChI is InChI=1S/C34H42ClFN8O6/c1-34(2,3)50-33(49)40-22-7-5-14-42(18-22)32(48)39-21-9-12-26-24(16-21)30(31(37)47)41-44(26)15-13-28(46)43(23-10-11-23)19-27(45)38-17-20-6-4-8-25(35)29(20)36/h4,6,8-9,12,16,22-23H,5,7,10-11,13-15,17-19H2,1-3H3,(H2,37,47)(H,38,45)(H,39,48)(H,40,49)/t22-/m1/s1. The van der Waals surface area contributed by atoms with Crippen LogP contribution in [-0.4, -0.2) is 86.7 Å². The van der Waals surface area contributed by atoms with Crippen LogP contribution >= 0.6 is 11.6 Å². The van der Waals surface area contributed by atoms with E-state index in [1.54, 1.807) is 49.9 Å². The van der Waals surface area contributed by atoms with Crippen molar-refractivity contribution in [3.05, 3.63) is 58.5 Å². The van der Waals surface area contributed by atoms with Gasteiger partial charge in [0, 0.05) is 54.8 Å². The predicted molar refractivity (Wildman–Crippen MR) is 184 cm³/mol. The van der Waals surface area contributed by atoms with Crippen molar-refractivity contribution in [1.29, 1.82) is 0 Å². The molecule has 6 amide bonds. The summed E-state index contributed by atoms with van der Waals surface area (Å²) in [6.45, 7) is 5.98. The van der Waals surface area contributed by atoms with Gasteiger partial charge in [-0.3, -0.25) is 19.1 Å². The first-order valence-electron chi connectivity index (χ1n) is 16.5. The summed E-state index contributed by atoms with van der Waals surface area (Å²) in [7, 11) is 0. The molecule has 2 aliphatic rings. The van der Waals surface area contributed by atoms with Gasteiger partial charge in [0.1, 0.15) is 11.4 Å². The lowest BCUT2D eigenvalue weighted by Crippen LogP contribution is -2.51. The number of aromatic nitrogens is 2. The molecule has 0 radical (unpaired) electrons. The maximum Gasteiger partial charge on any atom is 0.407 e. The number of carbonyl (C=O) groups is 5. The summed E-state index contributed by atoms with van der Waals surface area (Å²) < 4.78 is 21.1. The highest BCUT2D eigenvalue weighted by Gasteiger charge is 2.34. The third kappa shape index (κ3) is 9.40. The van der Waals surface area contributed by atoms with Crippen LogP contribution in [0.2, 0.25) is 5.02 Å². The quantitative estimate of drug-likeness (QED) is 0.230. The molecule has 1 saturated carbocycles. The zero-order valence-corrected chi connectivity index (χ0v) is 29.0. The molecule has 1 atom stereocenters. The van der Waals surface area contributed by atoms with Crippen LogP contribution in [0.25, 0.3) is 10.9 Å². The Labute approximate surface area is 293 Å². The first-order chi connectivity index (χ1) is 23.7. The average Bonchev–Trinajstić information content (AvgIpc) is 3.82. The molecule has 0 bridgehead atoms. The molecule has 2 heterocycles. The molecule has 268 valence electrons. The van der Waals surface area contributed by atoms with Gasteiger partial charge in [0.25, 0.3) is 5.91 Å². The molecule has 5 N–H and O–H groups in total. The Morgan fingerprint density at radius 3 is 2.58 bits per heavy atom. The van der Waals surface area contributed by atoms with Crippen molar-refractivity contribution in [1.82, 2.24) is 30.2 Å². The second-order valence-corrected chi connectivity index (χ2v) is 13.9. The van der Waals surface area contributed by atoms with E-state index >= 15 is 0 Å². The normalized spacial score (nSPS) is 16.1. The molecule has 3 aromatic rings. The molecule has 14 nitrogen and oxygen atoms in total. The number of nitrogens with two attached hydrogens (primary N) is 1. The zero-order valence-electron chi connectivity index (χ0n) is 28.3. The third-order valence-corrected chi connectivity index (χ3v) is 8.62. The number of fused-ring (bicyclic) bond motifs is 1. The number of piperidine rings is 1. The number of rotatable bonds is 11. The van der Waals surface area contributed by atoms with Gasteiger partial charge in [0.15, 0.2) is 5.69 Å². The number of primary amides is 1. The Balaban J connectivity index is 1.20. The lowest BCUT2D eigenvalue weighted by molar-refractivity contribution is -0.136. The highest BCUT2D eigenvalue weighted by atomic mass is 35.5. The van der Waals surface area contributed by atoms with E-state index in [0.717, 1.165) is 12.8 Å². The minimum absolute atomic E-state index is 0.00632. The molecule has 1 aromatic heterocycles. The summed E-state index contributed by atoms with van der Waals surface area (Å²) >= 11 is 5.83. The summed E-state index contributed by atoms with van der Waals surface area (Å²) in [5.74, 6) is -2.08. The molecular weight excluding hydrogens is 671 g/mol. The van der Waals surface area contributed by atoms with E-state index in [4.69, 9.17) is 22.1 Å². The van der Waals surface area contributed by atoms with Crippen LogP contribution in [0, 0.1) is 5.82 Å². The number of carbonyl (C=O) groups excluding carboxylic acids is 5. The summed E-state index contributed by atoms with van der Waals surface area (Å²) in [5, 5.41) is 13.0. The largest absolute Gasteiger partial charge is 0.444 e. The van der Waals surface area contributed by atoms with Crippen LogP contribution in [0.4, 0.5) is 19.7 Å². The van der Waals surface area contributed by atoms with E-state index in [-0.39, 0.29) is 66.4 Å². The van der Waals surface area contributed by atoms with Crippen molar-refractivity contribution >= 4 is 58.0 Å². The monoisotopic (exact) mass is 712 g/mol. The highest BCUT2D eigenvalue weighted by Crippen LogP contribution is 2.28. The number of ether oxygens (including phenoxy) is 1. The third-order valence-electron chi connectivity index (χ3n) is 8.33. The molecule has 0 spiro atoms. The fourth-order valence-corrected chi connectivity index (χ4v) is 6.00. The minimum Gasteiger partial charge on any atom is -0.444 e. The van der Waals surface area contributed by atoms with E-state index in [0.29, 0.717) is 42.5 Å². The first kappa shape index (κ1) is 36.4. The number of hydrogen-bond acceptors (Lipinski definition) is 7. The number of benzene rings is 2. The van der Waals surface area contributed by atoms with Crippen LogP contribution in [0.15, 0.2) is 36.4 Å². The molecule has 1 aliphatic carbocycles. The number of aryl methyl sites for hydroxylation is 1. The Hall–Kier alpha value is -4.92. The molecule has 16 heteroatoms. The van der Waals surface area contributed by atoms with Gasteiger partial charge in [-0.2, -0.15) is 5.10 Å². The van der Waals surface area contributed by atoms with Crippen LogP contribution < -0.4 is 21.7 Å². The molecule has 50 heavy (non-hydrogen) atoms. The van der Waals surface area contributed by atoms with Gasteiger partial charge < -0.3 is 36.2 Å². The maximum atomic E-state index is 14.2. The second kappa shape index (κ2) is 15.3. The summed E-state index contributed by atoms with van der Waals surface area (Å²) in [6.07, 6.45) is 2.39. The Kier molecular flexibility index (Phi) is 11.1. The number of urea groups is 1. The Morgan fingerprint density at radius 2 is 1.88 bits per heavy atom. The maximum absolute atomic E-state index is 14.2. The van der Waals surface area contributed by atoms with Gasteiger partial charge in [-0.05, 0) is 70.7 Å². The van der Waals surface area contributed by atoms with Crippen LogP contribution in [0.3, 0.4) is 0 Å². The average molecular weight is 713 g/mol. The van der Waals surface area contributed by atoms with E-state index in [2.05, 4.69) is 21.0 Å². The molecular formula is C34H42ClFN8O6. The van der Waals surface area contributed by atoms with Crippen LogP contribution in [0.5, 0.6) is 0 Å². The lowest BCUT2D eigenvalue weighted by atomic mass is 10.1. The smallest absolute Gasteiger partial charge is 0.407 e. The molecule has 1 saturated heterocycles. The van der Waals surface area contributed by atoms with Crippen molar-refractivity contribution in [2.75, 3.05) is 25.0 Å². The number of amides is 6. The molecule has 0 unspecified atom stereocenters. The van der Waals surface area contributed by atoms with E-state index in [9.17, 15) is 28.4 Å². The van der Waals surface area contributed by atoms with E-state index in [1.807, 2.05) is 0 Å². The lowest BCUT2D eigenvalue weighted by Gasteiger charge is -2.33. The molecule has 1 aliphatic heterocycles. The molecule has 2 fully saturated rings. The van der Waals surface area contributed by atoms with E-state index < -0.39 is 29.3 Å². The number of nitrogens with zero attached hydrogens (tertiary/aromatic N) is 4. The zero-order chi connectivity index (χ0) is 36.2. The minimum atomic E-state index is -0.775. The van der Waals surface area contributed by atoms with Gasteiger partial charge >= 0.3 is 12.1 Å². The van der Waals surface area contributed by atoms with Gasteiger partial charge in [0.2, 0.25) is 11.8 Å². The topological polar surface area (TPSA) is 181 Å². The Bertz CT molecular complexity index is 1790. The van der Waals surface area contributed by atoms with Gasteiger partial charge in [0.05, 0.1) is 23.6 Å². The number of hydrogen-bond donors (Lipinski definition) is 4. The van der Waals surface area contributed by atoms with Gasteiger partial charge in [-0.15, -0.1) is 0 Å². The first-order valence-corrected chi connectivity index (χ1v) is 16.9. The van der Waals surface area contributed by atoms with Crippen molar-refractivity contribution in [2.45, 2.75) is 83.6 Å². The predicted octanol–water partition coefficient (Wildman–Crippen LogP) is 4.15. The number of likely N-dealkylation sites (tertiary alicyclic amines) is 1. The molecule has 2 aromatic carbocycles. The van der Waals surface area contributed by atoms with Gasteiger partial charge in [-0.25, -0.2) is 14.0 Å². The summed E-state index contributed by atoms with van der Waals surface area (Å²) in [4.78, 5) is 66.9. The summed E-state index contributed by atoms with van der Waals surface area (Å²) in [6, 6.07) is 8.76. The second-order valence-electron chi connectivity index (χ2n) is 13.5. The van der Waals surface area contributed by atoms with Crippen molar-refractivity contribution < 1.29 is 33.1 Å². The van der Waals surface area contributed by atoms with Crippen molar-refractivity contribution in [2.24, 2.45) is 5.73 Å². The Morgan fingerprint density at radius 1 is 1.12 bits per heavy atom.